The summed E-state index contributed by atoms with van der Waals surface area (Å²) in [5.41, 5.74) is 2.36. The lowest BCUT2D eigenvalue weighted by Crippen LogP contribution is -2.29. The predicted molar refractivity (Wildman–Crippen MR) is 122 cm³/mol. The van der Waals surface area contributed by atoms with Crippen molar-refractivity contribution in [1.82, 2.24) is 30.3 Å². The van der Waals surface area contributed by atoms with E-state index in [-0.39, 0.29) is 18.0 Å². The van der Waals surface area contributed by atoms with Crippen LogP contribution < -0.4 is 10.9 Å². The van der Waals surface area contributed by atoms with Crippen LogP contribution in [0.15, 0.2) is 77.2 Å². The lowest BCUT2D eigenvalue weighted by molar-refractivity contribution is 0.0945. The van der Waals surface area contributed by atoms with Gasteiger partial charge in [0.15, 0.2) is 5.69 Å². The minimum Gasteiger partial charge on any atom is -0.345 e. The number of aromatic nitrogens is 5. The molecule has 0 atom stereocenters. The number of carbonyl (C=O) groups excluding carboxylic acids is 1. The Balaban J connectivity index is 1.41. The van der Waals surface area contributed by atoms with Crippen LogP contribution in [0.1, 0.15) is 21.7 Å². The minimum atomic E-state index is -0.319. The number of nitrogens with one attached hydrogen (secondary N) is 2. The molecule has 0 bridgehead atoms. The van der Waals surface area contributed by atoms with Gasteiger partial charge in [-0.15, -0.1) is 11.3 Å². The van der Waals surface area contributed by atoms with Gasteiger partial charge in [0.25, 0.3) is 11.5 Å². The molecule has 1 aromatic carbocycles. The van der Waals surface area contributed by atoms with Crippen LogP contribution in [0.3, 0.4) is 0 Å². The maximum Gasteiger partial charge on any atom is 0.274 e. The molecule has 0 aliphatic heterocycles. The highest BCUT2D eigenvalue weighted by Gasteiger charge is 2.15. The quantitative estimate of drug-likeness (QED) is 0.420. The molecule has 0 saturated heterocycles. The fraction of sp³-hybridized carbons (Fsp3) is 0.0870. The molecule has 4 heterocycles. The molecule has 0 spiro atoms. The largest absolute Gasteiger partial charge is 0.345 e. The number of rotatable bonds is 6. The number of aromatic amines is 1. The molecule has 4 aromatic heterocycles. The van der Waals surface area contributed by atoms with Crippen molar-refractivity contribution in [2.75, 3.05) is 0 Å². The van der Waals surface area contributed by atoms with Gasteiger partial charge in [-0.1, -0.05) is 30.3 Å². The van der Waals surface area contributed by atoms with Crippen LogP contribution in [0, 0.1) is 0 Å². The highest BCUT2D eigenvalue weighted by Crippen LogP contribution is 2.23. The van der Waals surface area contributed by atoms with Gasteiger partial charge in [-0.3, -0.25) is 19.7 Å². The molecule has 0 aliphatic carbocycles. The van der Waals surface area contributed by atoms with Crippen molar-refractivity contribution in [2.24, 2.45) is 0 Å². The Morgan fingerprint density at radius 2 is 1.97 bits per heavy atom. The van der Waals surface area contributed by atoms with E-state index in [1.165, 1.54) is 4.68 Å². The van der Waals surface area contributed by atoms with Gasteiger partial charge in [-0.25, -0.2) is 4.68 Å². The number of benzene rings is 1. The van der Waals surface area contributed by atoms with Gasteiger partial charge in [0, 0.05) is 17.8 Å². The molecule has 1 amide bonds. The standard InChI is InChI=1S/C23H18N6O2S/c30-22(19-11-18(26-27-19)21-8-4-10-32-21)25-13-20-16-6-1-2-7-17(16)23(31)29(28-20)14-15-5-3-9-24-12-15/h1-12H,13-14H2,(H,25,30)(H,26,27). The number of nitrogens with zero attached hydrogens (tertiary/aromatic N) is 4. The zero-order chi connectivity index (χ0) is 21.9. The summed E-state index contributed by atoms with van der Waals surface area (Å²) in [4.78, 5) is 30.7. The second-order valence-corrected chi connectivity index (χ2v) is 8.09. The number of fused-ring (bicyclic) bond motifs is 1. The number of hydrogen-bond acceptors (Lipinski definition) is 6. The van der Waals surface area contributed by atoms with E-state index < -0.39 is 0 Å². The topological polar surface area (TPSA) is 106 Å². The first-order valence-corrected chi connectivity index (χ1v) is 10.8. The highest BCUT2D eigenvalue weighted by atomic mass is 32.1. The van der Waals surface area contributed by atoms with Crippen LogP contribution in [-0.2, 0) is 13.1 Å². The summed E-state index contributed by atoms with van der Waals surface area (Å²) in [5.74, 6) is -0.319. The van der Waals surface area contributed by atoms with Crippen molar-refractivity contribution in [3.63, 3.8) is 0 Å². The first-order valence-electron chi connectivity index (χ1n) is 9.94. The lowest BCUT2D eigenvalue weighted by Gasteiger charge is -2.11. The van der Waals surface area contributed by atoms with Crippen molar-refractivity contribution < 1.29 is 4.79 Å². The third-order valence-corrected chi connectivity index (χ3v) is 5.92. The predicted octanol–water partition coefficient (Wildman–Crippen LogP) is 3.22. The van der Waals surface area contributed by atoms with Crippen LogP contribution in [0.2, 0.25) is 0 Å². The molecule has 32 heavy (non-hydrogen) atoms. The summed E-state index contributed by atoms with van der Waals surface area (Å²) >= 11 is 1.57. The van der Waals surface area contributed by atoms with Gasteiger partial charge < -0.3 is 5.32 Å². The molecule has 0 saturated carbocycles. The molecule has 0 radical (unpaired) electrons. The third kappa shape index (κ3) is 3.93. The van der Waals surface area contributed by atoms with Crippen molar-refractivity contribution in [3.05, 3.63) is 99.7 Å². The molecule has 0 aliphatic rings. The highest BCUT2D eigenvalue weighted by molar-refractivity contribution is 7.13. The van der Waals surface area contributed by atoms with Gasteiger partial charge in [0.1, 0.15) is 0 Å². The van der Waals surface area contributed by atoms with E-state index in [0.29, 0.717) is 28.7 Å². The molecule has 158 valence electrons. The van der Waals surface area contributed by atoms with E-state index in [4.69, 9.17) is 0 Å². The van der Waals surface area contributed by atoms with Gasteiger partial charge in [-0.2, -0.15) is 10.2 Å². The van der Waals surface area contributed by atoms with E-state index in [2.05, 4.69) is 25.6 Å². The van der Waals surface area contributed by atoms with E-state index in [9.17, 15) is 9.59 Å². The number of hydrogen-bond donors (Lipinski definition) is 2. The van der Waals surface area contributed by atoms with E-state index in [0.717, 1.165) is 16.1 Å². The Bertz CT molecular complexity index is 1440. The van der Waals surface area contributed by atoms with Crippen LogP contribution in [0.4, 0.5) is 0 Å². The lowest BCUT2D eigenvalue weighted by atomic mass is 10.1. The summed E-state index contributed by atoms with van der Waals surface area (Å²) in [6.07, 6.45) is 3.38. The molecule has 0 unspecified atom stereocenters. The number of thiophene rings is 1. The van der Waals surface area contributed by atoms with Gasteiger partial charge in [0.05, 0.1) is 34.7 Å². The average Bonchev–Trinajstić information content (AvgIpc) is 3.53. The second kappa shape index (κ2) is 8.56. The first-order chi connectivity index (χ1) is 15.7. The normalized spacial score (nSPS) is 11.0. The van der Waals surface area contributed by atoms with Crippen LogP contribution in [0.5, 0.6) is 0 Å². The summed E-state index contributed by atoms with van der Waals surface area (Å²) in [6, 6.07) is 16.6. The number of H-pyrrole nitrogens is 1. The second-order valence-electron chi connectivity index (χ2n) is 7.14. The SMILES string of the molecule is O=C(NCc1nn(Cc2cccnc2)c(=O)c2ccccc12)c1cc(-c2cccs2)[nH]n1. The maximum atomic E-state index is 12.9. The Hall–Kier alpha value is -4.11. The Kier molecular flexibility index (Phi) is 5.30. The third-order valence-electron chi connectivity index (χ3n) is 5.01. The average molecular weight is 443 g/mol. The van der Waals surface area contributed by atoms with Gasteiger partial charge >= 0.3 is 0 Å². The van der Waals surface area contributed by atoms with Crippen molar-refractivity contribution in [1.29, 1.82) is 0 Å². The molecule has 5 aromatic rings. The summed E-state index contributed by atoms with van der Waals surface area (Å²) in [5, 5.41) is 17.7. The smallest absolute Gasteiger partial charge is 0.274 e. The summed E-state index contributed by atoms with van der Waals surface area (Å²) in [6.45, 7) is 0.454. The summed E-state index contributed by atoms with van der Waals surface area (Å²) < 4.78 is 1.41. The summed E-state index contributed by atoms with van der Waals surface area (Å²) in [7, 11) is 0. The Morgan fingerprint density at radius 1 is 1.09 bits per heavy atom. The molecule has 8 nitrogen and oxygen atoms in total. The van der Waals surface area contributed by atoms with Crippen LogP contribution in [-0.4, -0.2) is 30.9 Å². The van der Waals surface area contributed by atoms with Crippen molar-refractivity contribution >= 4 is 28.0 Å². The van der Waals surface area contributed by atoms with E-state index in [1.54, 1.807) is 35.9 Å². The monoisotopic (exact) mass is 442 g/mol. The zero-order valence-electron chi connectivity index (χ0n) is 16.9. The minimum absolute atomic E-state index is 0.161. The Morgan fingerprint density at radius 3 is 2.75 bits per heavy atom. The Labute approximate surface area is 186 Å². The van der Waals surface area contributed by atoms with E-state index in [1.807, 2.05) is 47.8 Å². The molecular weight excluding hydrogens is 424 g/mol. The van der Waals surface area contributed by atoms with Crippen LogP contribution in [0.25, 0.3) is 21.3 Å². The zero-order valence-corrected chi connectivity index (χ0v) is 17.7. The molecule has 2 N–H and O–H groups in total. The van der Waals surface area contributed by atoms with Gasteiger partial charge in [-0.05, 0) is 35.2 Å². The number of amides is 1. The van der Waals surface area contributed by atoms with Crippen molar-refractivity contribution in [2.45, 2.75) is 13.1 Å². The number of pyridine rings is 1. The molecular formula is C23H18N6O2S. The number of carbonyl (C=O) groups is 1. The van der Waals surface area contributed by atoms with Gasteiger partial charge in [0.2, 0.25) is 0 Å². The fourth-order valence-electron chi connectivity index (χ4n) is 3.46. The van der Waals surface area contributed by atoms with Crippen molar-refractivity contribution in [3.8, 4) is 10.6 Å². The molecule has 5 rings (SSSR count). The maximum absolute atomic E-state index is 12.9. The first kappa shape index (κ1) is 19.8. The molecule has 9 heteroatoms. The molecule has 0 fully saturated rings. The van der Waals surface area contributed by atoms with E-state index >= 15 is 0 Å². The van der Waals surface area contributed by atoms with Crippen LogP contribution >= 0.6 is 11.3 Å². The fourth-order valence-corrected chi connectivity index (χ4v) is 4.15.